The van der Waals surface area contributed by atoms with Gasteiger partial charge in [-0.1, -0.05) is 60.1 Å². The van der Waals surface area contributed by atoms with Gasteiger partial charge in [-0.2, -0.15) is 0 Å². The number of hydrogen-bond donors (Lipinski definition) is 1. The Bertz CT molecular complexity index is 1610. The first kappa shape index (κ1) is 22.8. The van der Waals surface area contributed by atoms with Crippen LogP contribution in [0.1, 0.15) is 18.1 Å². The highest BCUT2D eigenvalue weighted by molar-refractivity contribution is 6.31. The van der Waals surface area contributed by atoms with Crippen molar-refractivity contribution in [2.45, 2.75) is 13.8 Å². The third-order valence-corrected chi connectivity index (χ3v) is 6.44. The van der Waals surface area contributed by atoms with Gasteiger partial charge in [0.25, 0.3) is 0 Å². The Morgan fingerprint density at radius 3 is 2.60 bits per heavy atom. The van der Waals surface area contributed by atoms with Crippen molar-refractivity contribution in [3.05, 3.63) is 101 Å². The molecule has 4 aromatic carbocycles. The summed E-state index contributed by atoms with van der Waals surface area (Å²) in [4.78, 5) is 12.8. The maximum Gasteiger partial charge on any atom is 0.248 e. The van der Waals surface area contributed by atoms with Gasteiger partial charge in [-0.3, -0.25) is 4.79 Å². The number of amides is 1. The van der Waals surface area contributed by atoms with E-state index in [1.165, 1.54) is 0 Å². The van der Waals surface area contributed by atoms with Crippen LogP contribution in [-0.4, -0.2) is 13.0 Å². The third kappa shape index (κ3) is 4.41. The van der Waals surface area contributed by atoms with Crippen LogP contribution in [0.25, 0.3) is 38.4 Å². The molecule has 0 atom stereocenters. The molecule has 0 unspecified atom stereocenters. The van der Waals surface area contributed by atoms with Gasteiger partial charge in [-0.15, -0.1) is 0 Å². The Kier molecular flexibility index (Phi) is 6.06. The Morgan fingerprint density at radius 1 is 0.971 bits per heavy atom. The van der Waals surface area contributed by atoms with E-state index in [0.29, 0.717) is 16.5 Å². The van der Waals surface area contributed by atoms with E-state index in [9.17, 15) is 4.79 Å². The maximum atomic E-state index is 12.8. The minimum atomic E-state index is -0.239. The second-order valence-corrected chi connectivity index (χ2v) is 8.94. The highest BCUT2D eigenvalue weighted by Crippen LogP contribution is 2.39. The summed E-state index contributed by atoms with van der Waals surface area (Å²) in [5.41, 5.74) is 6.02. The lowest BCUT2D eigenvalue weighted by Crippen LogP contribution is -2.09. The quantitative estimate of drug-likeness (QED) is 0.257. The number of fused-ring (bicyclic) bond motifs is 2. The van der Waals surface area contributed by atoms with Crippen molar-refractivity contribution in [2.75, 3.05) is 12.4 Å². The second-order valence-electron chi connectivity index (χ2n) is 8.50. The van der Waals surface area contributed by atoms with Crippen LogP contribution in [0.5, 0.6) is 5.75 Å². The minimum absolute atomic E-state index is 0.239. The van der Waals surface area contributed by atoms with Gasteiger partial charge < -0.3 is 14.5 Å². The SMILES string of the molecule is COc1cc2occ(-c3cccc4ccccc34)c2cc1/C(C)=C/C(=O)Nc1cc(Cl)ccc1C. The number of nitrogens with one attached hydrogen (secondary N) is 1. The molecule has 5 aromatic rings. The number of rotatable bonds is 5. The number of allylic oxidation sites excluding steroid dienone is 1. The van der Waals surface area contributed by atoms with E-state index in [0.717, 1.165) is 49.6 Å². The molecule has 0 aliphatic heterocycles. The minimum Gasteiger partial charge on any atom is -0.496 e. The van der Waals surface area contributed by atoms with Crippen LogP contribution in [0.4, 0.5) is 5.69 Å². The van der Waals surface area contributed by atoms with E-state index in [4.69, 9.17) is 20.8 Å². The Labute approximate surface area is 208 Å². The van der Waals surface area contributed by atoms with Gasteiger partial charge in [0.2, 0.25) is 5.91 Å². The van der Waals surface area contributed by atoms with Crippen LogP contribution in [0.2, 0.25) is 5.02 Å². The van der Waals surface area contributed by atoms with E-state index in [2.05, 4.69) is 29.6 Å². The van der Waals surface area contributed by atoms with E-state index in [1.54, 1.807) is 31.6 Å². The molecule has 1 aromatic heterocycles. The standard InChI is InChI=1S/C30H24ClNO3/c1-18-11-12-21(31)14-27(18)32-30(33)13-19(2)24-15-25-26(17-35-29(25)16-28(24)34-3)23-10-6-8-20-7-4-5-9-22(20)23/h4-17H,1-3H3,(H,32,33)/b19-13+. The number of ether oxygens (including phenoxy) is 1. The first-order chi connectivity index (χ1) is 16.9. The molecule has 0 fully saturated rings. The van der Waals surface area contributed by atoms with Crippen LogP contribution in [-0.2, 0) is 4.79 Å². The number of carbonyl (C=O) groups excluding carboxylic acids is 1. The smallest absolute Gasteiger partial charge is 0.248 e. The lowest BCUT2D eigenvalue weighted by molar-refractivity contribution is -0.111. The fourth-order valence-corrected chi connectivity index (χ4v) is 4.55. The molecule has 35 heavy (non-hydrogen) atoms. The van der Waals surface area contributed by atoms with Gasteiger partial charge in [0.05, 0.1) is 13.4 Å². The monoisotopic (exact) mass is 481 g/mol. The predicted octanol–water partition coefficient (Wildman–Crippen LogP) is 8.27. The van der Waals surface area contributed by atoms with Crippen molar-refractivity contribution in [1.29, 1.82) is 0 Å². The average molecular weight is 482 g/mol. The number of aryl methyl sites for hydroxylation is 1. The lowest BCUT2D eigenvalue weighted by atomic mass is 9.96. The van der Waals surface area contributed by atoms with Gasteiger partial charge >= 0.3 is 0 Å². The summed E-state index contributed by atoms with van der Waals surface area (Å²) in [7, 11) is 1.61. The molecule has 0 aliphatic rings. The van der Waals surface area contributed by atoms with E-state index in [1.807, 2.05) is 50.2 Å². The third-order valence-electron chi connectivity index (χ3n) is 6.21. The summed E-state index contributed by atoms with van der Waals surface area (Å²) in [6.07, 6.45) is 3.35. The summed E-state index contributed by atoms with van der Waals surface area (Å²) in [5.74, 6) is 0.397. The summed E-state index contributed by atoms with van der Waals surface area (Å²) in [6.45, 7) is 3.82. The molecule has 0 bridgehead atoms. The van der Waals surface area contributed by atoms with Gasteiger partial charge in [0.1, 0.15) is 11.3 Å². The fraction of sp³-hybridized carbons (Fsp3) is 0.100. The number of methoxy groups -OCH3 is 1. The highest BCUT2D eigenvalue weighted by atomic mass is 35.5. The Hall–Kier alpha value is -4.02. The molecule has 4 nitrogen and oxygen atoms in total. The van der Waals surface area contributed by atoms with Crippen molar-refractivity contribution >= 4 is 50.5 Å². The number of benzene rings is 4. The lowest BCUT2D eigenvalue weighted by Gasteiger charge is -2.11. The normalized spacial score (nSPS) is 11.7. The zero-order valence-corrected chi connectivity index (χ0v) is 20.4. The molecule has 0 aliphatic carbocycles. The van der Waals surface area contributed by atoms with Gasteiger partial charge in [-0.05, 0) is 59.5 Å². The van der Waals surface area contributed by atoms with Crippen LogP contribution in [0, 0.1) is 6.92 Å². The summed E-state index contributed by atoms with van der Waals surface area (Å²) in [6, 6.07) is 23.8. The Morgan fingerprint density at radius 2 is 1.77 bits per heavy atom. The zero-order chi connectivity index (χ0) is 24.5. The zero-order valence-electron chi connectivity index (χ0n) is 19.7. The number of hydrogen-bond acceptors (Lipinski definition) is 3. The van der Waals surface area contributed by atoms with Crippen LogP contribution >= 0.6 is 11.6 Å². The molecule has 1 amide bonds. The molecule has 0 saturated carbocycles. The molecular formula is C30H24ClNO3. The van der Waals surface area contributed by atoms with Gasteiger partial charge in [0.15, 0.2) is 0 Å². The molecular weight excluding hydrogens is 458 g/mol. The van der Waals surface area contributed by atoms with E-state index in [-0.39, 0.29) is 5.91 Å². The number of carbonyl (C=O) groups is 1. The van der Waals surface area contributed by atoms with Crippen LogP contribution in [0.3, 0.4) is 0 Å². The summed E-state index contributed by atoms with van der Waals surface area (Å²) < 4.78 is 11.6. The van der Waals surface area contributed by atoms with Crippen molar-refractivity contribution in [3.8, 4) is 16.9 Å². The molecule has 5 heteroatoms. The molecule has 1 N–H and O–H groups in total. The van der Waals surface area contributed by atoms with Gasteiger partial charge in [0, 0.05) is 39.4 Å². The van der Waals surface area contributed by atoms with E-state index < -0.39 is 0 Å². The molecule has 0 saturated heterocycles. The van der Waals surface area contributed by atoms with Crippen molar-refractivity contribution < 1.29 is 13.9 Å². The average Bonchev–Trinajstić information content (AvgIpc) is 3.27. The second kappa shape index (κ2) is 9.32. The van der Waals surface area contributed by atoms with Crippen molar-refractivity contribution in [2.24, 2.45) is 0 Å². The van der Waals surface area contributed by atoms with Crippen molar-refractivity contribution in [3.63, 3.8) is 0 Å². The maximum absolute atomic E-state index is 12.8. The largest absolute Gasteiger partial charge is 0.496 e. The molecule has 174 valence electrons. The number of furan rings is 1. The summed E-state index contributed by atoms with van der Waals surface area (Å²) >= 11 is 6.10. The number of halogens is 1. The van der Waals surface area contributed by atoms with E-state index >= 15 is 0 Å². The molecule has 0 radical (unpaired) electrons. The molecule has 5 rings (SSSR count). The summed E-state index contributed by atoms with van der Waals surface area (Å²) in [5, 5.41) is 6.76. The first-order valence-corrected chi connectivity index (χ1v) is 11.7. The highest BCUT2D eigenvalue weighted by Gasteiger charge is 2.16. The van der Waals surface area contributed by atoms with Crippen LogP contribution in [0.15, 0.2) is 89.6 Å². The predicted molar refractivity (Wildman–Crippen MR) is 144 cm³/mol. The topological polar surface area (TPSA) is 51.5 Å². The first-order valence-electron chi connectivity index (χ1n) is 11.3. The molecule has 0 spiro atoms. The van der Waals surface area contributed by atoms with Crippen LogP contribution < -0.4 is 10.1 Å². The number of anilines is 1. The Balaban J connectivity index is 1.57. The molecule has 1 heterocycles. The van der Waals surface area contributed by atoms with Gasteiger partial charge in [-0.25, -0.2) is 0 Å². The fourth-order valence-electron chi connectivity index (χ4n) is 4.37. The van der Waals surface area contributed by atoms with Crippen molar-refractivity contribution in [1.82, 2.24) is 0 Å².